The summed E-state index contributed by atoms with van der Waals surface area (Å²) in [6.45, 7) is 1.60. The molecule has 8 heteroatoms. The summed E-state index contributed by atoms with van der Waals surface area (Å²) in [5.41, 5.74) is 5.54. The number of hydrogen-bond donors (Lipinski definition) is 2. The molecule has 6 nitrogen and oxygen atoms in total. The SMILES string of the molecule is Cl.Cl.NC1(C(=O)NCC2CCCN2c2cccnn2)CCCC1. The minimum absolute atomic E-state index is 0. The van der Waals surface area contributed by atoms with E-state index in [9.17, 15) is 4.79 Å². The second kappa shape index (κ2) is 8.66. The molecule has 1 amide bonds. The molecule has 3 N–H and O–H groups in total. The van der Waals surface area contributed by atoms with Crippen molar-refractivity contribution in [3.63, 3.8) is 0 Å². The van der Waals surface area contributed by atoms with Gasteiger partial charge in [0.2, 0.25) is 5.91 Å². The third-order valence-corrected chi connectivity index (χ3v) is 4.68. The second-order valence-corrected chi connectivity index (χ2v) is 6.14. The fraction of sp³-hybridized carbons (Fsp3) is 0.667. The Morgan fingerprint density at radius 3 is 2.74 bits per heavy atom. The number of carbonyl (C=O) groups excluding carboxylic acids is 1. The largest absolute Gasteiger partial charge is 0.352 e. The number of carbonyl (C=O) groups is 1. The van der Waals surface area contributed by atoms with Crippen molar-refractivity contribution in [1.29, 1.82) is 0 Å². The lowest BCUT2D eigenvalue weighted by Crippen LogP contribution is -2.54. The quantitative estimate of drug-likeness (QED) is 0.851. The van der Waals surface area contributed by atoms with Crippen molar-refractivity contribution in [3.05, 3.63) is 18.3 Å². The molecule has 3 rings (SSSR count). The molecule has 0 radical (unpaired) electrons. The Kier molecular flexibility index (Phi) is 7.51. The number of anilines is 1. The highest BCUT2D eigenvalue weighted by Crippen LogP contribution is 2.27. The Bertz CT molecular complexity index is 496. The van der Waals surface area contributed by atoms with Gasteiger partial charge in [-0.25, -0.2) is 0 Å². The molecular formula is C15H25Cl2N5O. The molecule has 1 aromatic heterocycles. The topological polar surface area (TPSA) is 84.1 Å². The summed E-state index contributed by atoms with van der Waals surface area (Å²) in [6, 6.07) is 4.15. The van der Waals surface area contributed by atoms with E-state index in [-0.39, 0.29) is 36.8 Å². The second-order valence-electron chi connectivity index (χ2n) is 6.14. The summed E-state index contributed by atoms with van der Waals surface area (Å²) < 4.78 is 0. The number of nitrogens with two attached hydrogens (primary N) is 1. The van der Waals surface area contributed by atoms with Crippen LogP contribution in [0.4, 0.5) is 5.82 Å². The van der Waals surface area contributed by atoms with Gasteiger partial charge in [-0.3, -0.25) is 4.79 Å². The van der Waals surface area contributed by atoms with Crippen molar-refractivity contribution in [2.24, 2.45) is 5.73 Å². The van der Waals surface area contributed by atoms with Crippen molar-refractivity contribution in [2.45, 2.75) is 50.1 Å². The van der Waals surface area contributed by atoms with Gasteiger partial charge in [-0.05, 0) is 37.8 Å². The average molecular weight is 362 g/mol. The molecule has 0 aromatic carbocycles. The van der Waals surface area contributed by atoms with Crippen molar-refractivity contribution < 1.29 is 4.79 Å². The predicted molar refractivity (Wildman–Crippen MR) is 95.3 cm³/mol. The van der Waals surface area contributed by atoms with Crippen molar-refractivity contribution in [2.75, 3.05) is 18.0 Å². The van der Waals surface area contributed by atoms with Gasteiger partial charge >= 0.3 is 0 Å². The summed E-state index contributed by atoms with van der Waals surface area (Å²) >= 11 is 0. The fourth-order valence-electron chi connectivity index (χ4n) is 3.42. The summed E-state index contributed by atoms with van der Waals surface area (Å²) in [5.74, 6) is 0.892. The average Bonchev–Trinajstić information content (AvgIpc) is 3.15. The third kappa shape index (κ3) is 4.46. The third-order valence-electron chi connectivity index (χ3n) is 4.68. The molecule has 23 heavy (non-hydrogen) atoms. The van der Waals surface area contributed by atoms with Crippen LogP contribution in [0.15, 0.2) is 18.3 Å². The molecule has 1 aliphatic heterocycles. The predicted octanol–water partition coefficient (Wildman–Crippen LogP) is 1.68. The van der Waals surface area contributed by atoms with Crippen LogP contribution < -0.4 is 16.0 Å². The maximum Gasteiger partial charge on any atom is 0.240 e. The zero-order valence-corrected chi connectivity index (χ0v) is 14.7. The molecule has 0 spiro atoms. The minimum atomic E-state index is -0.643. The first-order valence-electron chi connectivity index (χ1n) is 7.81. The lowest BCUT2D eigenvalue weighted by Gasteiger charge is -2.28. The Balaban J connectivity index is 0.00000132. The summed E-state index contributed by atoms with van der Waals surface area (Å²) in [7, 11) is 0. The number of rotatable bonds is 4. The van der Waals surface area contributed by atoms with Crippen LogP contribution in [0, 0.1) is 0 Å². The summed E-state index contributed by atoms with van der Waals surface area (Å²) in [6.07, 6.45) is 7.57. The molecular weight excluding hydrogens is 337 g/mol. The Morgan fingerprint density at radius 1 is 1.35 bits per heavy atom. The zero-order chi connectivity index (χ0) is 14.7. The van der Waals surface area contributed by atoms with Crippen LogP contribution in [0.2, 0.25) is 0 Å². The normalized spacial score (nSPS) is 22.1. The lowest BCUT2D eigenvalue weighted by atomic mass is 9.98. The smallest absolute Gasteiger partial charge is 0.240 e. The fourth-order valence-corrected chi connectivity index (χ4v) is 3.42. The van der Waals surface area contributed by atoms with Gasteiger partial charge in [-0.2, -0.15) is 5.10 Å². The van der Waals surface area contributed by atoms with E-state index < -0.39 is 5.54 Å². The molecule has 1 atom stereocenters. The van der Waals surface area contributed by atoms with Crippen molar-refractivity contribution >= 4 is 36.5 Å². The van der Waals surface area contributed by atoms with E-state index in [1.165, 1.54) is 0 Å². The van der Waals surface area contributed by atoms with Gasteiger partial charge in [-0.1, -0.05) is 12.8 Å². The Labute approximate surface area is 149 Å². The lowest BCUT2D eigenvalue weighted by molar-refractivity contribution is -0.126. The monoisotopic (exact) mass is 361 g/mol. The molecule has 1 saturated carbocycles. The number of hydrogen-bond acceptors (Lipinski definition) is 5. The first-order chi connectivity index (χ1) is 10.2. The molecule has 0 bridgehead atoms. The van der Waals surface area contributed by atoms with Crippen LogP contribution in [0.25, 0.3) is 0 Å². The highest BCUT2D eigenvalue weighted by Gasteiger charge is 2.37. The van der Waals surface area contributed by atoms with Gasteiger partial charge in [0.05, 0.1) is 5.54 Å². The van der Waals surface area contributed by atoms with Gasteiger partial charge in [-0.15, -0.1) is 29.9 Å². The van der Waals surface area contributed by atoms with Crippen molar-refractivity contribution in [3.8, 4) is 0 Å². The van der Waals surface area contributed by atoms with Crippen LogP contribution in [-0.2, 0) is 4.79 Å². The molecule has 2 heterocycles. The van der Waals surface area contributed by atoms with E-state index in [2.05, 4.69) is 20.4 Å². The highest BCUT2D eigenvalue weighted by atomic mass is 35.5. The molecule has 1 aliphatic carbocycles. The van der Waals surface area contributed by atoms with E-state index in [0.29, 0.717) is 6.54 Å². The molecule has 1 saturated heterocycles. The van der Waals surface area contributed by atoms with Crippen LogP contribution in [0.3, 0.4) is 0 Å². The minimum Gasteiger partial charge on any atom is -0.352 e. The Morgan fingerprint density at radius 2 is 2.09 bits per heavy atom. The summed E-state index contributed by atoms with van der Waals surface area (Å²) in [5, 5.41) is 11.2. The van der Waals surface area contributed by atoms with E-state index in [0.717, 1.165) is 50.9 Å². The number of nitrogens with zero attached hydrogens (tertiary/aromatic N) is 3. The van der Waals surface area contributed by atoms with Gasteiger partial charge < -0.3 is 16.0 Å². The Hall–Kier alpha value is -1.11. The van der Waals surface area contributed by atoms with E-state index in [1.54, 1.807) is 6.20 Å². The van der Waals surface area contributed by atoms with Crippen LogP contribution in [-0.4, -0.2) is 40.8 Å². The zero-order valence-electron chi connectivity index (χ0n) is 13.1. The van der Waals surface area contributed by atoms with E-state index in [1.807, 2.05) is 12.1 Å². The maximum atomic E-state index is 12.3. The van der Waals surface area contributed by atoms with Gasteiger partial charge in [0, 0.05) is 25.3 Å². The first kappa shape index (κ1) is 19.9. The van der Waals surface area contributed by atoms with Gasteiger partial charge in [0.15, 0.2) is 5.82 Å². The van der Waals surface area contributed by atoms with Crippen LogP contribution in [0.5, 0.6) is 0 Å². The number of aromatic nitrogens is 2. The number of halogens is 2. The number of amides is 1. The van der Waals surface area contributed by atoms with Gasteiger partial charge in [0.1, 0.15) is 0 Å². The first-order valence-corrected chi connectivity index (χ1v) is 7.81. The standard InChI is InChI=1S/C15H23N5O.2ClH/c16-15(7-1-2-8-15)14(21)17-11-12-5-4-10-20(12)13-6-3-9-18-19-13;;/h3,6,9,12H,1-2,4-5,7-8,10-11,16H2,(H,17,21);2*1H. The maximum absolute atomic E-state index is 12.3. The molecule has 1 unspecified atom stereocenters. The highest BCUT2D eigenvalue weighted by molar-refractivity contribution is 5.86. The van der Waals surface area contributed by atoms with E-state index in [4.69, 9.17) is 5.73 Å². The molecule has 2 fully saturated rings. The van der Waals surface area contributed by atoms with Crippen LogP contribution in [0.1, 0.15) is 38.5 Å². The molecule has 1 aromatic rings. The summed E-state index contributed by atoms with van der Waals surface area (Å²) in [4.78, 5) is 14.5. The van der Waals surface area contributed by atoms with Gasteiger partial charge in [0.25, 0.3) is 0 Å². The van der Waals surface area contributed by atoms with Crippen LogP contribution >= 0.6 is 24.8 Å². The van der Waals surface area contributed by atoms with E-state index >= 15 is 0 Å². The number of nitrogens with one attached hydrogen (secondary N) is 1. The molecule has 2 aliphatic rings. The van der Waals surface area contributed by atoms with Crippen molar-refractivity contribution in [1.82, 2.24) is 15.5 Å². The molecule has 130 valence electrons.